The molecule has 0 saturated carbocycles. The summed E-state index contributed by atoms with van der Waals surface area (Å²) in [5, 5.41) is 4.65. The topological polar surface area (TPSA) is 24.9 Å². The Hall–Kier alpha value is -1.64. The van der Waals surface area contributed by atoms with Crippen molar-refractivity contribution in [3.05, 3.63) is 34.8 Å². The highest BCUT2D eigenvalue weighted by atomic mass is 19.1. The fourth-order valence-corrected chi connectivity index (χ4v) is 3.23. The number of rotatable bonds is 3. The van der Waals surface area contributed by atoms with E-state index in [0.29, 0.717) is 5.56 Å². The number of anilines is 1. The van der Waals surface area contributed by atoms with Crippen molar-refractivity contribution in [3.63, 3.8) is 0 Å². The summed E-state index contributed by atoms with van der Waals surface area (Å²) < 4.78 is 13.9. The van der Waals surface area contributed by atoms with Crippen LogP contribution in [-0.2, 0) is 12.8 Å². The Kier molecular flexibility index (Phi) is 4.09. The van der Waals surface area contributed by atoms with Crippen LogP contribution in [0, 0.1) is 12.7 Å². The van der Waals surface area contributed by atoms with Gasteiger partial charge in [0.05, 0.1) is 5.52 Å². The van der Waals surface area contributed by atoms with E-state index in [-0.39, 0.29) is 5.82 Å². The van der Waals surface area contributed by atoms with Crippen LogP contribution >= 0.6 is 0 Å². The van der Waals surface area contributed by atoms with Crippen molar-refractivity contribution in [2.75, 3.05) is 11.9 Å². The molecule has 1 aliphatic rings. The molecule has 0 unspecified atom stereocenters. The largest absolute Gasteiger partial charge is 0.384 e. The first kappa shape index (κ1) is 14.3. The molecule has 1 aromatic carbocycles. The van der Waals surface area contributed by atoms with E-state index < -0.39 is 0 Å². The van der Waals surface area contributed by atoms with Crippen LogP contribution in [0.1, 0.15) is 49.4 Å². The first-order valence-electron chi connectivity index (χ1n) is 8.06. The van der Waals surface area contributed by atoms with Crippen molar-refractivity contribution >= 4 is 16.6 Å². The van der Waals surface area contributed by atoms with E-state index in [1.54, 1.807) is 6.07 Å². The second-order valence-electron chi connectivity index (χ2n) is 5.97. The number of aryl methyl sites for hydroxylation is 2. The first-order valence-corrected chi connectivity index (χ1v) is 8.06. The number of hydrogen-bond donors (Lipinski definition) is 1. The van der Waals surface area contributed by atoms with Crippen LogP contribution in [0.2, 0.25) is 0 Å². The van der Waals surface area contributed by atoms with Gasteiger partial charge in [0.25, 0.3) is 0 Å². The summed E-state index contributed by atoms with van der Waals surface area (Å²) in [6, 6.07) is 3.45. The van der Waals surface area contributed by atoms with E-state index in [1.165, 1.54) is 36.2 Å². The van der Waals surface area contributed by atoms with Crippen LogP contribution < -0.4 is 5.32 Å². The number of halogens is 1. The molecular formula is C18H23FN2. The molecule has 1 heterocycles. The van der Waals surface area contributed by atoms with Gasteiger partial charge in [-0.3, -0.25) is 4.98 Å². The van der Waals surface area contributed by atoms with Crippen LogP contribution in [0.25, 0.3) is 10.9 Å². The minimum absolute atomic E-state index is 0.162. The highest BCUT2D eigenvalue weighted by Gasteiger charge is 2.18. The maximum absolute atomic E-state index is 13.9. The molecule has 21 heavy (non-hydrogen) atoms. The molecule has 0 amide bonds. The Morgan fingerprint density at radius 1 is 1.19 bits per heavy atom. The summed E-state index contributed by atoms with van der Waals surface area (Å²) in [6.07, 6.45) is 6.85. The van der Waals surface area contributed by atoms with Crippen molar-refractivity contribution in [1.82, 2.24) is 4.98 Å². The summed E-state index contributed by atoms with van der Waals surface area (Å²) in [7, 11) is 0. The zero-order valence-corrected chi connectivity index (χ0v) is 12.9. The average molecular weight is 286 g/mol. The first-order chi connectivity index (χ1) is 10.2. The summed E-state index contributed by atoms with van der Waals surface area (Å²) in [6.45, 7) is 4.94. The number of nitrogens with zero attached hydrogens (tertiary/aromatic N) is 1. The molecule has 3 heteroatoms. The van der Waals surface area contributed by atoms with Gasteiger partial charge in [-0.1, -0.05) is 13.3 Å². The molecule has 0 radical (unpaired) electrons. The van der Waals surface area contributed by atoms with Crippen molar-refractivity contribution in [2.45, 2.75) is 52.4 Å². The lowest BCUT2D eigenvalue weighted by Crippen LogP contribution is -2.08. The van der Waals surface area contributed by atoms with Crippen LogP contribution in [0.3, 0.4) is 0 Å². The van der Waals surface area contributed by atoms with E-state index in [0.717, 1.165) is 36.7 Å². The van der Waals surface area contributed by atoms with Gasteiger partial charge >= 0.3 is 0 Å². The van der Waals surface area contributed by atoms with Crippen molar-refractivity contribution in [2.24, 2.45) is 0 Å². The van der Waals surface area contributed by atoms with Crippen LogP contribution in [0.4, 0.5) is 10.1 Å². The van der Waals surface area contributed by atoms with Crippen molar-refractivity contribution in [1.29, 1.82) is 0 Å². The maximum Gasteiger partial charge on any atom is 0.128 e. The van der Waals surface area contributed by atoms with Gasteiger partial charge in [0, 0.05) is 28.9 Å². The molecule has 0 bridgehead atoms. The molecule has 3 rings (SSSR count). The molecular weight excluding hydrogens is 263 g/mol. The van der Waals surface area contributed by atoms with E-state index in [1.807, 2.05) is 13.0 Å². The summed E-state index contributed by atoms with van der Waals surface area (Å²) in [4.78, 5) is 4.82. The fraction of sp³-hybridized carbons (Fsp3) is 0.500. The minimum Gasteiger partial charge on any atom is -0.384 e. The monoisotopic (exact) mass is 286 g/mol. The van der Waals surface area contributed by atoms with Gasteiger partial charge in [0.2, 0.25) is 0 Å². The molecule has 1 N–H and O–H groups in total. The number of pyridine rings is 1. The second-order valence-corrected chi connectivity index (χ2v) is 5.97. The highest BCUT2D eigenvalue weighted by molar-refractivity contribution is 5.95. The van der Waals surface area contributed by atoms with E-state index >= 15 is 0 Å². The Bertz CT molecular complexity index is 664. The third kappa shape index (κ3) is 2.61. The number of fused-ring (bicyclic) bond motifs is 2. The van der Waals surface area contributed by atoms with Gasteiger partial charge in [0.15, 0.2) is 0 Å². The van der Waals surface area contributed by atoms with E-state index in [2.05, 4.69) is 12.2 Å². The van der Waals surface area contributed by atoms with Gasteiger partial charge in [-0.2, -0.15) is 0 Å². The van der Waals surface area contributed by atoms with Crippen LogP contribution in [0.5, 0.6) is 0 Å². The summed E-state index contributed by atoms with van der Waals surface area (Å²) in [5.41, 5.74) is 5.22. The third-order valence-corrected chi connectivity index (χ3v) is 4.42. The number of nitrogens with one attached hydrogen (secondary N) is 1. The number of aromatic nitrogens is 1. The Morgan fingerprint density at radius 3 is 2.81 bits per heavy atom. The zero-order valence-electron chi connectivity index (χ0n) is 12.9. The SMILES string of the molecule is CCCNc1c2c(nc3c(C)c(F)ccc13)CCCCC2. The predicted octanol–water partition coefficient (Wildman–Crippen LogP) is 4.77. The Balaban J connectivity index is 2.26. The summed E-state index contributed by atoms with van der Waals surface area (Å²) in [5.74, 6) is -0.162. The Morgan fingerprint density at radius 2 is 2.00 bits per heavy atom. The van der Waals surface area contributed by atoms with E-state index in [4.69, 9.17) is 4.98 Å². The van der Waals surface area contributed by atoms with Gasteiger partial charge in [-0.05, 0) is 56.7 Å². The van der Waals surface area contributed by atoms with Crippen LogP contribution in [0.15, 0.2) is 12.1 Å². The molecule has 0 saturated heterocycles. The normalized spacial score (nSPS) is 14.8. The molecule has 1 aromatic heterocycles. The van der Waals surface area contributed by atoms with Gasteiger partial charge in [-0.15, -0.1) is 0 Å². The standard InChI is InChI=1S/C18H23FN2/c1-3-11-20-18-13-7-5-4-6-8-16(13)21-17-12(2)15(19)10-9-14(17)18/h9-10H,3-8,11H2,1-2H3,(H,20,21). The van der Waals surface area contributed by atoms with E-state index in [9.17, 15) is 4.39 Å². The molecule has 2 aromatic rings. The number of benzene rings is 1. The lowest BCUT2D eigenvalue weighted by molar-refractivity contribution is 0.620. The minimum atomic E-state index is -0.162. The zero-order chi connectivity index (χ0) is 14.8. The molecule has 2 nitrogen and oxygen atoms in total. The maximum atomic E-state index is 13.9. The quantitative estimate of drug-likeness (QED) is 0.822. The molecule has 0 spiro atoms. The lowest BCUT2D eigenvalue weighted by atomic mass is 10.00. The molecule has 0 atom stereocenters. The molecule has 112 valence electrons. The van der Waals surface area contributed by atoms with Crippen molar-refractivity contribution in [3.8, 4) is 0 Å². The molecule has 0 aliphatic heterocycles. The molecule has 0 fully saturated rings. The van der Waals surface area contributed by atoms with Gasteiger partial charge in [-0.25, -0.2) is 4.39 Å². The Labute approximate surface area is 125 Å². The highest BCUT2D eigenvalue weighted by Crippen LogP contribution is 2.34. The van der Waals surface area contributed by atoms with Crippen molar-refractivity contribution < 1.29 is 4.39 Å². The number of hydrogen-bond acceptors (Lipinski definition) is 2. The van der Waals surface area contributed by atoms with Crippen LogP contribution in [-0.4, -0.2) is 11.5 Å². The predicted molar refractivity (Wildman–Crippen MR) is 86.5 cm³/mol. The fourth-order valence-electron chi connectivity index (χ4n) is 3.23. The second kappa shape index (κ2) is 6.00. The summed E-state index contributed by atoms with van der Waals surface area (Å²) >= 11 is 0. The smallest absolute Gasteiger partial charge is 0.128 e. The average Bonchev–Trinajstić information content (AvgIpc) is 2.73. The van der Waals surface area contributed by atoms with Gasteiger partial charge in [0.1, 0.15) is 5.82 Å². The van der Waals surface area contributed by atoms with Gasteiger partial charge < -0.3 is 5.32 Å². The lowest BCUT2D eigenvalue weighted by Gasteiger charge is -2.18. The third-order valence-electron chi connectivity index (χ3n) is 4.42. The molecule has 1 aliphatic carbocycles.